The van der Waals surface area contributed by atoms with Crippen LogP contribution >= 0.6 is 0 Å². The fraction of sp³-hybridized carbons (Fsp3) is 0.562. The summed E-state index contributed by atoms with van der Waals surface area (Å²) < 4.78 is 62.1. The molecule has 2 aromatic carbocycles. The van der Waals surface area contributed by atoms with Gasteiger partial charge in [0, 0.05) is 47.8 Å². The second-order valence-electron chi connectivity index (χ2n) is 12.2. The van der Waals surface area contributed by atoms with E-state index >= 15 is 8.78 Å². The average molecular weight is 614 g/mol. The molecule has 4 aliphatic rings. The van der Waals surface area contributed by atoms with Crippen molar-refractivity contribution in [2.75, 3.05) is 61.1 Å². The Kier molecular flexibility index (Phi) is 8.73. The van der Waals surface area contributed by atoms with Crippen LogP contribution in [0.5, 0.6) is 5.75 Å². The van der Waals surface area contributed by atoms with Crippen molar-refractivity contribution < 1.29 is 21.9 Å². The number of nitrogens with one attached hydrogen (secondary N) is 1. The number of rotatable bonds is 1. The Morgan fingerprint density at radius 1 is 0.953 bits per heavy atom. The molecule has 0 radical (unpaired) electrons. The number of ether oxygens (including phenoxy) is 1. The Morgan fingerprint density at radius 3 is 2.51 bits per heavy atom. The first-order chi connectivity index (χ1) is 20.7. The molecule has 7 rings (SSSR count). The normalized spacial score (nSPS) is 26.3. The molecule has 0 unspecified atom stereocenters. The standard InChI is InChI=1S/C32H41F2N5O3S/c1-23-24-7-6-8-26(19-24)32(33,34)25-9-12-38(13-10-25)11-4-2-3-5-16-42-29-21-27(39-14-17-43(40,41)18-15-39)20-28-30(29)35-22-36-31(28)37-23/h6-8,19-23,25H,2-5,9-18H2,1H3,(H,35,36,37)/t23-/m0/s1. The Labute approximate surface area is 252 Å². The zero-order valence-corrected chi connectivity index (χ0v) is 25.6. The lowest BCUT2D eigenvalue weighted by Crippen LogP contribution is -2.40. The van der Waals surface area contributed by atoms with Gasteiger partial charge < -0.3 is 19.9 Å². The summed E-state index contributed by atoms with van der Waals surface area (Å²) in [6.07, 6.45) is 6.50. The molecule has 43 heavy (non-hydrogen) atoms. The highest BCUT2D eigenvalue weighted by molar-refractivity contribution is 7.91. The number of sulfone groups is 1. The minimum Gasteiger partial charge on any atom is -0.491 e. The van der Waals surface area contributed by atoms with Gasteiger partial charge in [-0.15, -0.1) is 0 Å². The number of anilines is 2. The zero-order valence-electron chi connectivity index (χ0n) is 24.8. The fourth-order valence-electron chi connectivity index (χ4n) is 6.53. The summed E-state index contributed by atoms with van der Waals surface area (Å²) in [5, 5.41) is 4.19. The lowest BCUT2D eigenvalue weighted by atomic mass is 9.85. The smallest absolute Gasteiger partial charge is 0.276 e. The number of piperidine rings is 1. The van der Waals surface area contributed by atoms with Crippen LogP contribution in [0.15, 0.2) is 42.7 Å². The van der Waals surface area contributed by atoms with E-state index in [0.29, 0.717) is 62.7 Å². The zero-order chi connectivity index (χ0) is 30.0. The van der Waals surface area contributed by atoms with Gasteiger partial charge >= 0.3 is 0 Å². The van der Waals surface area contributed by atoms with E-state index in [1.165, 1.54) is 6.33 Å². The molecule has 8 nitrogen and oxygen atoms in total. The number of benzene rings is 2. The van der Waals surface area contributed by atoms with E-state index in [-0.39, 0.29) is 23.1 Å². The van der Waals surface area contributed by atoms with Crippen LogP contribution in [0.25, 0.3) is 10.9 Å². The lowest BCUT2D eigenvalue weighted by Gasteiger charge is -2.36. The van der Waals surface area contributed by atoms with Gasteiger partial charge in [-0.1, -0.05) is 31.0 Å². The Balaban J connectivity index is 1.35. The van der Waals surface area contributed by atoms with Gasteiger partial charge in [0.25, 0.3) is 5.92 Å². The van der Waals surface area contributed by atoms with E-state index in [2.05, 4.69) is 25.1 Å². The third-order valence-electron chi connectivity index (χ3n) is 9.25. The third kappa shape index (κ3) is 6.72. The summed E-state index contributed by atoms with van der Waals surface area (Å²) in [6, 6.07) is 10.4. The van der Waals surface area contributed by atoms with Crippen molar-refractivity contribution in [1.82, 2.24) is 14.9 Å². The van der Waals surface area contributed by atoms with Crippen molar-refractivity contribution in [2.45, 2.75) is 57.4 Å². The summed E-state index contributed by atoms with van der Waals surface area (Å²) in [5.41, 5.74) is 2.33. The van der Waals surface area contributed by atoms with Crippen molar-refractivity contribution in [3.8, 4) is 5.75 Å². The molecule has 2 fully saturated rings. The second kappa shape index (κ2) is 12.5. The minimum atomic E-state index is -3.04. The molecule has 0 saturated carbocycles. The van der Waals surface area contributed by atoms with E-state index in [1.807, 2.05) is 25.1 Å². The molecule has 3 aromatic rings. The molecule has 5 heterocycles. The predicted octanol–water partition coefficient (Wildman–Crippen LogP) is 5.79. The molecule has 1 atom stereocenters. The first kappa shape index (κ1) is 30.0. The van der Waals surface area contributed by atoms with Crippen LogP contribution in [-0.4, -0.2) is 74.1 Å². The van der Waals surface area contributed by atoms with Crippen LogP contribution in [0.4, 0.5) is 20.3 Å². The van der Waals surface area contributed by atoms with E-state index in [4.69, 9.17) is 4.74 Å². The van der Waals surface area contributed by atoms with Crippen LogP contribution < -0.4 is 15.0 Å². The summed E-state index contributed by atoms with van der Waals surface area (Å²) >= 11 is 0. The quantitative estimate of drug-likeness (QED) is 0.369. The summed E-state index contributed by atoms with van der Waals surface area (Å²) in [5.74, 6) is -2.15. The van der Waals surface area contributed by atoms with Crippen molar-refractivity contribution in [3.05, 3.63) is 53.9 Å². The summed E-state index contributed by atoms with van der Waals surface area (Å²) in [7, 11) is -3.04. The second-order valence-corrected chi connectivity index (χ2v) is 14.5. The average Bonchev–Trinajstić information content (AvgIpc) is 3.00. The Bertz CT molecular complexity index is 1530. The highest BCUT2D eigenvalue weighted by Gasteiger charge is 2.42. The molecule has 2 saturated heterocycles. The maximum Gasteiger partial charge on any atom is 0.276 e. The highest BCUT2D eigenvalue weighted by atomic mass is 32.2. The molecule has 1 aromatic heterocycles. The topological polar surface area (TPSA) is 87.7 Å². The first-order valence-electron chi connectivity index (χ1n) is 15.5. The number of nitrogens with zero attached hydrogens (tertiary/aromatic N) is 4. The van der Waals surface area contributed by atoms with Crippen LogP contribution in [0.2, 0.25) is 0 Å². The molecular weight excluding hydrogens is 572 g/mol. The monoisotopic (exact) mass is 613 g/mol. The van der Waals surface area contributed by atoms with Gasteiger partial charge in [-0.3, -0.25) is 0 Å². The summed E-state index contributed by atoms with van der Waals surface area (Å²) in [4.78, 5) is 13.5. The van der Waals surface area contributed by atoms with Gasteiger partial charge in [-0.25, -0.2) is 27.2 Å². The number of fused-ring (bicyclic) bond motifs is 9. The van der Waals surface area contributed by atoms with Crippen LogP contribution in [0.3, 0.4) is 0 Å². The molecule has 1 N–H and O–H groups in total. The van der Waals surface area contributed by atoms with E-state index in [0.717, 1.165) is 48.9 Å². The van der Waals surface area contributed by atoms with Crippen molar-refractivity contribution in [3.63, 3.8) is 0 Å². The molecule has 0 aliphatic carbocycles. The number of halogens is 2. The highest BCUT2D eigenvalue weighted by Crippen LogP contribution is 2.42. The predicted molar refractivity (Wildman–Crippen MR) is 166 cm³/mol. The maximum absolute atomic E-state index is 15.8. The lowest BCUT2D eigenvalue weighted by molar-refractivity contribution is -0.0855. The molecular formula is C32H41F2N5O3S. The molecule has 0 amide bonds. The van der Waals surface area contributed by atoms with Crippen LogP contribution in [-0.2, 0) is 15.8 Å². The minimum absolute atomic E-state index is 0.0635. The number of hydrogen-bond donors (Lipinski definition) is 1. The SMILES string of the molecule is C[C@@H]1Nc2ncnc3c(cc(N4CCS(=O)(=O)CC4)cc23)OCCCCCCN2CCC(CC2)C(F)(F)c2cccc1c2. The van der Waals surface area contributed by atoms with E-state index in [1.54, 1.807) is 18.2 Å². The fourth-order valence-corrected chi connectivity index (χ4v) is 7.73. The van der Waals surface area contributed by atoms with Gasteiger partial charge in [0.1, 0.15) is 23.4 Å². The van der Waals surface area contributed by atoms with Gasteiger partial charge in [-0.2, -0.15) is 0 Å². The number of alkyl halides is 2. The maximum atomic E-state index is 15.8. The van der Waals surface area contributed by atoms with Gasteiger partial charge in [0.15, 0.2) is 9.84 Å². The van der Waals surface area contributed by atoms with Crippen LogP contribution in [0.1, 0.15) is 62.6 Å². The largest absolute Gasteiger partial charge is 0.491 e. The van der Waals surface area contributed by atoms with Gasteiger partial charge in [0.05, 0.1) is 18.1 Å². The Morgan fingerprint density at radius 2 is 1.72 bits per heavy atom. The van der Waals surface area contributed by atoms with Gasteiger partial charge in [-0.05, 0) is 69.9 Å². The van der Waals surface area contributed by atoms with Gasteiger partial charge in [0.2, 0.25) is 0 Å². The molecule has 4 aliphatic heterocycles. The number of aromatic nitrogens is 2. The van der Waals surface area contributed by atoms with Crippen LogP contribution in [0, 0.1) is 5.92 Å². The van der Waals surface area contributed by atoms with Crippen molar-refractivity contribution in [1.29, 1.82) is 0 Å². The molecule has 0 spiro atoms. The van der Waals surface area contributed by atoms with E-state index < -0.39 is 21.7 Å². The third-order valence-corrected chi connectivity index (χ3v) is 10.9. The van der Waals surface area contributed by atoms with Crippen molar-refractivity contribution >= 4 is 32.2 Å². The van der Waals surface area contributed by atoms with E-state index in [9.17, 15) is 8.42 Å². The Hall–Kier alpha value is -3.05. The molecule has 8 bridgehead atoms. The molecule has 232 valence electrons. The summed E-state index contributed by atoms with van der Waals surface area (Å²) in [6.45, 7) is 5.66. The molecule has 11 heteroatoms. The van der Waals surface area contributed by atoms with Crippen molar-refractivity contribution in [2.24, 2.45) is 5.92 Å². The number of hydrogen-bond acceptors (Lipinski definition) is 8. The first-order valence-corrected chi connectivity index (χ1v) is 17.4.